The Bertz CT molecular complexity index is 1460. The molecule has 0 radical (unpaired) electrons. The third-order valence-electron chi connectivity index (χ3n) is 6.39. The lowest BCUT2D eigenvalue weighted by atomic mass is 10.0. The van der Waals surface area contributed by atoms with Crippen LogP contribution in [-0.4, -0.2) is 73.5 Å². The molecular formula is C27H34F3N7O4S. The van der Waals surface area contributed by atoms with Gasteiger partial charge in [0.2, 0.25) is 21.8 Å². The van der Waals surface area contributed by atoms with E-state index in [4.69, 9.17) is 17.2 Å². The van der Waals surface area contributed by atoms with Crippen molar-refractivity contribution in [1.29, 1.82) is 0 Å². The second-order valence-corrected chi connectivity index (χ2v) is 11.6. The largest absolute Gasteiger partial charge is 0.416 e. The van der Waals surface area contributed by atoms with E-state index in [0.717, 1.165) is 21.8 Å². The lowest BCUT2D eigenvalue weighted by Gasteiger charge is -2.23. The Labute approximate surface area is 241 Å². The number of sulfonamides is 1. The van der Waals surface area contributed by atoms with Gasteiger partial charge in [0.05, 0.1) is 34.8 Å². The Morgan fingerprint density at radius 1 is 0.976 bits per heavy atom. The summed E-state index contributed by atoms with van der Waals surface area (Å²) >= 11 is 0. The number of pyridine rings is 1. The molecule has 1 heterocycles. The number of nitrogens with two attached hydrogens (primary N) is 3. The first-order chi connectivity index (χ1) is 19.8. The molecule has 3 aromatic rings. The van der Waals surface area contributed by atoms with Crippen LogP contribution in [-0.2, 0) is 32.2 Å². The molecule has 0 saturated heterocycles. The molecule has 11 nitrogen and oxygen atoms in total. The maximum Gasteiger partial charge on any atom is 0.416 e. The van der Waals surface area contributed by atoms with E-state index in [1.807, 2.05) is 6.07 Å². The van der Waals surface area contributed by atoms with Crippen molar-refractivity contribution in [1.82, 2.24) is 14.6 Å². The van der Waals surface area contributed by atoms with Crippen molar-refractivity contribution < 1.29 is 31.2 Å². The second kappa shape index (κ2) is 14.5. The number of carbonyl (C=O) groups excluding carboxylic acids is 2. The van der Waals surface area contributed by atoms with Crippen molar-refractivity contribution >= 4 is 38.4 Å². The van der Waals surface area contributed by atoms with Crippen LogP contribution >= 0.6 is 0 Å². The summed E-state index contributed by atoms with van der Waals surface area (Å²) in [6, 6.07) is 10.5. The van der Waals surface area contributed by atoms with Gasteiger partial charge in [0.1, 0.15) is 6.04 Å². The number of rotatable bonds is 14. The molecule has 15 heteroatoms. The standard InChI is InChI=1S/C27H34F3N7O4S/c28-27(29,30)20-7-5-18(6-8-20)15-24(26(39)35-21-16-19-3-1-2-4-23(19)34-17-21)36-25(38)22(33)9-14-42(40,41)37(12-10-31)13-11-32/h1-8,16-17,22,24H,9-15,31-33H2,(H,35,39)(H,36,38)/t22-,24+/m0/s1. The van der Waals surface area contributed by atoms with Gasteiger partial charge in [-0.15, -0.1) is 0 Å². The molecule has 0 aliphatic carbocycles. The fourth-order valence-corrected chi connectivity index (χ4v) is 5.71. The van der Waals surface area contributed by atoms with E-state index in [2.05, 4.69) is 15.6 Å². The quantitative estimate of drug-likeness (QED) is 0.180. The number of benzene rings is 2. The first-order valence-electron chi connectivity index (χ1n) is 13.1. The number of amides is 2. The smallest absolute Gasteiger partial charge is 0.343 e. The average Bonchev–Trinajstić information content (AvgIpc) is 2.95. The lowest BCUT2D eigenvalue weighted by Crippen LogP contribution is -2.51. The lowest BCUT2D eigenvalue weighted by molar-refractivity contribution is -0.137. The molecular weight excluding hydrogens is 575 g/mol. The molecule has 0 spiro atoms. The summed E-state index contributed by atoms with van der Waals surface area (Å²) in [4.78, 5) is 30.5. The summed E-state index contributed by atoms with van der Waals surface area (Å²) in [5.74, 6) is -1.93. The Balaban J connectivity index is 1.76. The number of nitrogens with zero attached hydrogens (tertiary/aromatic N) is 2. The normalized spacial score (nSPS) is 13.6. The average molecular weight is 610 g/mol. The van der Waals surface area contributed by atoms with Gasteiger partial charge in [-0.1, -0.05) is 30.3 Å². The number of anilines is 1. The Morgan fingerprint density at radius 3 is 2.24 bits per heavy atom. The van der Waals surface area contributed by atoms with Gasteiger partial charge < -0.3 is 27.8 Å². The number of halogens is 3. The third kappa shape index (κ3) is 9.19. The topological polar surface area (TPSA) is 187 Å². The minimum absolute atomic E-state index is 0.0555. The summed E-state index contributed by atoms with van der Waals surface area (Å²) < 4.78 is 65.5. The molecule has 0 saturated carbocycles. The van der Waals surface area contributed by atoms with E-state index in [9.17, 15) is 31.2 Å². The SMILES string of the molecule is NCCN(CCN)S(=O)(=O)CC[C@H](N)C(=O)N[C@H](Cc1ccc(C(F)(F)F)cc1)C(=O)Nc1cnc2ccccc2c1. The monoisotopic (exact) mass is 609 g/mol. The molecule has 2 aromatic carbocycles. The zero-order valence-electron chi connectivity index (χ0n) is 22.7. The van der Waals surface area contributed by atoms with Crippen LogP contribution in [0.5, 0.6) is 0 Å². The van der Waals surface area contributed by atoms with E-state index < -0.39 is 51.4 Å². The minimum atomic E-state index is -4.54. The molecule has 3 rings (SSSR count). The second-order valence-electron chi connectivity index (χ2n) is 9.55. The molecule has 0 aliphatic rings. The van der Waals surface area contributed by atoms with Gasteiger partial charge in [-0.25, -0.2) is 8.42 Å². The van der Waals surface area contributed by atoms with Gasteiger partial charge in [-0.3, -0.25) is 14.6 Å². The van der Waals surface area contributed by atoms with Crippen molar-refractivity contribution in [3.05, 3.63) is 71.9 Å². The highest BCUT2D eigenvalue weighted by Crippen LogP contribution is 2.29. The summed E-state index contributed by atoms with van der Waals surface area (Å²) in [5, 5.41) is 5.94. The van der Waals surface area contributed by atoms with Crippen LogP contribution < -0.4 is 27.8 Å². The first kappa shape index (κ1) is 32.9. The van der Waals surface area contributed by atoms with Gasteiger partial charge in [0.25, 0.3) is 0 Å². The van der Waals surface area contributed by atoms with Crippen LogP contribution in [0.2, 0.25) is 0 Å². The van der Waals surface area contributed by atoms with E-state index in [1.165, 1.54) is 18.3 Å². The Hall–Kier alpha value is -3.63. The Morgan fingerprint density at radius 2 is 1.62 bits per heavy atom. The van der Waals surface area contributed by atoms with Crippen molar-refractivity contribution in [3.8, 4) is 0 Å². The molecule has 2 amide bonds. The number of carbonyl (C=O) groups is 2. The maximum absolute atomic E-state index is 13.3. The maximum atomic E-state index is 13.3. The van der Waals surface area contributed by atoms with E-state index >= 15 is 0 Å². The number of alkyl halides is 3. The number of nitrogens with one attached hydrogen (secondary N) is 2. The zero-order valence-corrected chi connectivity index (χ0v) is 23.5. The fourth-order valence-electron chi connectivity index (χ4n) is 4.14. The summed E-state index contributed by atoms with van der Waals surface area (Å²) in [5.41, 5.74) is 17.5. The highest BCUT2D eigenvalue weighted by molar-refractivity contribution is 7.89. The predicted octanol–water partition coefficient (Wildman–Crippen LogP) is 1.19. The molecule has 1 aromatic heterocycles. The van der Waals surface area contributed by atoms with Crippen LogP contribution in [0.3, 0.4) is 0 Å². The van der Waals surface area contributed by atoms with Crippen LogP contribution in [0.4, 0.5) is 18.9 Å². The molecule has 8 N–H and O–H groups in total. The van der Waals surface area contributed by atoms with Crippen molar-refractivity contribution in [2.24, 2.45) is 17.2 Å². The summed E-state index contributed by atoms with van der Waals surface area (Å²) in [7, 11) is -3.81. The van der Waals surface area contributed by atoms with Crippen LogP contribution in [0.25, 0.3) is 10.9 Å². The first-order valence-corrected chi connectivity index (χ1v) is 14.7. The highest BCUT2D eigenvalue weighted by atomic mass is 32.2. The van der Waals surface area contributed by atoms with E-state index in [1.54, 1.807) is 24.3 Å². The van der Waals surface area contributed by atoms with Gasteiger partial charge in [-0.05, 0) is 36.2 Å². The molecule has 0 bridgehead atoms. The Kier molecular flexibility index (Phi) is 11.4. The zero-order chi connectivity index (χ0) is 30.9. The molecule has 228 valence electrons. The van der Waals surface area contributed by atoms with Gasteiger partial charge >= 0.3 is 6.18 Å². The van der Waals surface area contributed by atoms with Crippen molar-refractivity contribution in [3.63, 3.8) is 0 Å². The molecule has 42 heavy (non-hydrogen) atoms. The highest BCUT2D eigenvalue weighted by Gasteiger charge is 2.31. The number of aromatic nitrogens is 1. The number of hydrogen-bond acceptors (Lipinski definition) is 8. The fraction of sp³-hybridized carbons (Fsp3) is 0.370. The van der Waals surface area contributed by atoms with E-state index in [-0.39, 0.29) is 39.0 Å². The summed E-state index contributed by atoms with van der Waals surface area (Å²) in [6.45, 7) is 0.276. The number of fused-ring (bicyclic) bond motifs is 1. The van der Waals surface area contributed by atoms with Crippen molar-refractivity contribution in [2.45, 2.75) is 31.1 Å². The van der Waals surface area contributed by atoms with Crippen molar-refractivity contribution in [2.75, 3.05) is 37.2 Å². The molecule has 0 unspecified atom stereocenters. The van der Waals surface area contributed by atoms with Crippen LogP contribution in [0, 0.1) is 0 Å². The number of hydrogen-bond donors (Lipinski definition) is 5. The summed E-state index contributed by atoms with van der Waals surface area (Å²) in [6.07, 6.45) is -3.53. The molecule has 0 fully saturated rings. The van der Waals surface area contributed by atoms with Gasteiger partial charge in [-0.2, -0.15) is 17.5 Å². The van der Waals surface area contributed by atoms with Crippen LogP contribution in [0.1, 0.15) is 17.5 Å². The van der Waals surface area contributed by atoms with E-state index in [0.29, 0.717) is 16.8 Å². The molecule has 2 atom stereocenters. The van der Waals surface area contributed by atoms with Gasteiger partial charge in [0.15, 0.2) is 0 Å². The molecule has 0 aliphatic heterocycles. The number of para-hydroxylation sites is 1. The van der Waals surface area contributed by atoms with Gasteiger partial charge in [0, 0.05) is 38.0 Å². The van der Waals surface area contributed by atoms with Crippen LogP contribution in [0.15, 0.2) is 60.8 Å². The minimum Gasteiger partial charge on any atom is -0.343 e. The third-order valence-corrected chi connectivity index (χ3v) is 8.29. The predicted molar refractivity (Wildman–Crippen MR) is 154 cm³/mol.